The molecule has 3 aliphatic rings. The molecule has 0 aromatic heterocycles. The zero-order chi connectivity index (χ0) is 26.1. The van der Waals surface area contributed by atoms with Gasteiger partial charge in [-0.3, -0.25) is 14.4 Å². The van der Waals surface area contributed by atoms with Gasteiger partial charge in [0.15, 0.2) is 0 Å². The lowest BCUT2D eigenvalue weighted by atomic mass is 9.64. The second-order valence-electron chi connectivity index (χ2n) is 10.5. The summed E-state index contributed by atoms with van der Waals surface area (Å²) in [7, 11) is 0. The summed E-state index contributed by atoms with van der Waals surface area (Å²) in [6, 6.07) is 27.3. The highest BCUT2D eigenvalue weighted by Gasteiger charge is 2.60. The monoisotopic (exact) mass is 499 g/mol. The third-order valence-electron chi connectivity index (χ3n) is 8.27. The number of allylic oxidation sites excluding steroid dienone is 1. The highest BCUT2D eigenvalue weighted by Crippen LogP contribution is 2.55. The Morgan fingerprint density at radius 3 is 2.32 bits per heavy atom. The van der Waals surface area contributed by atoms with E-state index in [9.17, 15) is 14.4 Å². The van der Waals surface area contributed by atoms with Crippen LogP contribution in [0.2, 0.25) is 0 Å². The van der Waals surface area contributed by atoms with Crippen molar-refractivity contribution < 1.29 is 19.1 Å². The second-order valence-corrected chi connectivity index (χ2v) is 10.5. The molecule has 4 atom stereocenters. The lowest BCUT2D eigenvalue weighted by Gasteiger charge is -2.38. The van der Waals surface area contributed by atoms with Gasteiger partial charge in [-0.25, -0.2) is 4.90 Å². The first-order valence-electron chi connectivity index (χ1n) is 12.9. The molecule has 2 amide bonds. The fourth-order valence-electron chi connectivity index (χ4n) is 6.53. The molecular weight excluding hydrogens is 474 g/mol. The largest absolute Gasteiger partial charge is 0.425 e. The highest BCUT2D eigenvalue weighted by molar-refractivity contribution is 6.25. The average molecular weight is 500 g/mol. The molecule has 0 unspecified atom stereocenters. The molecule has 1 aliphatic carbocycles. The SMILES string of the molecule is Cc1ccc(C)c(N2C(=O)[C@@H]3[C@@H]4C(=O)Oc5ccc6ccccc6c5C4=C[C@H](c4ccccc4)[C@H]3C2=O)c1. The van der Waals surface area contributed by atoms with Crippen LogP contribution in [-0.2, 0) is 14.4 Å². The first kappa shape index (κ1) is 22.7. The second kappa shape index (κ2) is 8.25. The average Bonchev–Trinajstić information content (AvgIpc) is 3.19. The Balaban J connectivity index is 1.48. The van der Waals surface area contributed by atoms with E-state index >= 15 is 0 Å². The lowest BCUT2D eigenvalue weighted by Crippen LogP contribution is -2.42. The number of aryl methyl sites for hydroxylation is 2. The van der Waals surface area contributed by atoms with Crippen LogP contribution in [0.5, 0.6) is 5.75 Å². The minimum absolute atomic E-state index is 0.269. The van der Waals surface area contributed by atoms with Crippen LogP contribution in [0.3, 0.4) is 0 Å². The Hall–Kier alpha value is -4.51. The van der Waals surface area contributed by atoms with Gasteiger partial charge >= 0.3 is 5.97 Å². The Bertz CT molecular complexity index is 1700. The van der Waals surface area contributed by atoms with Crippen LogP contribution in [0, 0.1) is 31.6 Å². The number of esters is 1. The Labute approximate surface area is 220 Å². The number of ether oxygens (including phenoxy) is 1. The van der Waals surface area contributed by atoms with E-state index in [1.165, 1.54) is 4.90 Å². The van der Waals surface area contributed by atoms with E-state index in [0.717, 1.165) is 38.6 Å². The summed E-state index contributed by atoms with van der Waals surface area (Å²) in [5.41, 5.74) is 4.92. The van der Waals surface area contributed by atoms with Crippen molar-refractivity contribution >= 4 is 39.8 Å². The molecule has 1 fully saturated rings. The maximum absolute atomic E-state index is 14.2. The van der Waals surface area contributed by atoms with Gasteiger partial charge in [-0.2, -0.15) is 0 Å². The summed E-state index contributed by atoms with van der Waals surface area (Å²) >= 11 is 0. The van der Waals surface area contributed by atoms with Gasteiger partial charge in [-0.1, -0.05) is 78.9 Å². The van der Waals surface area contributed by atoms with Crippen molar-refractivity contribution in [3.05, 3.63) is 113 Å². The number of fused-ring (bicyclic) bond motifs is 7. The molecule has 4 aromatic rings. The van der Waals surface area contributed by atoms with Crippen LogP contribution in [0.25, 0.3) is 16.3 Å². The number of carbonyl (C=O) groups is 3. The summed E-state index contributed by atoms with van der Waals surface area (Å²) < 4.78 is 5.86. The van der Waals surface area contributed by atoms with Crippen molar-refractivity contribution in [2.75, 3.05) is 4.90 Å². The van der Waals surface area contributed by atoms with Crippen LogP contribution < -0.4 is 9.64 Å². The van der Waals surface area contributed by atoms with Gasteiger partial charge < -0.3 is 4.74 Å². The number of rotatable bonds is 2. The van der Waals surface area contributed by atoms with E-state index in [-0.39, 0.29) is 17.7 Å². The quantitative estimate of drug-likeness (QED) is 0.193. The van der Waals surface area contributed by atoms with Gasteiger partial charge in [0, 0.05) is 11.5 Å². The van der Waals surface area contributed by atoms with Crippen molar-refractivity contribution in [1.82, 2.24) is 0 Å². The third-order valence-corrected chi connectivity index (χ3v) is 8.27. The predicted molar refractivity (Wildman–Crippen MR) is 146 cm³/mol. The van der Waals surface area contributed by atoms with Gasteiger partial charge in [0.1, 0.15) is 5.75 Å². The maximum atomic E-state index is 14.2. The minimum Gasteiger partial charge on any atom is -0.425 e. The fraction of sp³-hybridized carbons (Fsp3) is 0.182. The van der Waals surface area contributed by atoms with Crippen molar-refractivity contribution in [1.29, 1.82) is 0 Å². The van der Waals surface area contributed by atoms with E-state index in [4.69, 9.17) is 4.74 Å². The molecule has 186 valence electrons. The lowest BCUT2D eigenvalue weighted by molar-refractivity contribution is -0.142. The Kier molecular flexibility index (Phi) is 4.92. The summed E-state index contributed by atoms with van der Waals surface area (Å²) in [6.45, 7) is 3.83. The number of benzene rings is 4. The number of anilines is 1. The van der Waals surface area contributed by atoms with Crippen molar-refractivity contribution in [3.8, 4) is 5.75 Å². The van der Waals surface area contributed by atoms with Crippen molar-refractivity contribution in [2.24, 2.45) is 17.8 Å². The van der Waals surface area contributed by atoms with E-state index in [0.29, 0.717) is 11.4 Å². The molecule has 5 heteroatoms. The molecule has 0 bridgehead atoms. The maximum Gasteiger partial charge on any atom is 0.319 e. The summed E-state index contributed by atoms with van der Waals surface area (Å²) in [5, 5.41) is 1.98. The van der Waals surface area contributed by atoms with E-state index in [1.54, 1.807) is 0 Å². The normalized spacial score (nSPS) is 24.0. The standard InChI is InChI=1S/C33H25NO4/c1-18-12-13-19(2)25(16-18)34-31(35)28-23(20-8-4-3-5-9-20)17-24-27-22-11-7-6-10-21(22)14-15-26(27)38-33(37)29(24)30(28)32(34)36/h3-17,23,28-30H,1-2H3/t23-,28-,29-,30+/m1/s1. The Morgan fingerprint density at radius 1 is 0.763 bits per heavy atom. The minimum atomic E-state index is -0.857. The zero-order valence-corrected chi connectivity index (χ0v) is 21.0. The predicted octanol–water partition coefficient (Wildman–Crippen LogP) is 5.98. The first-order chi connectivity index (χ1) is 18.4. The Morgan fingerprint density at radius 2 is 1.50 bits per heavy atom. The number of nitrogens with zero attached hydrogens (tertiary/aromatic N) is 1. The highest BCUT2D eigenvalue weighted by atomic mass is 16.5. The van der Waals surface area contributed by atoms with E-state index < -0.39 is 23.7 Å². The zero-order valence-electron chi connectivity index (χ0n) is 21.0. The number of amides is 2. The molecule has 2 heterocycles. The topological polar surface area (TPSA) is 63.7 Å². The summed E-state index contributed by atoms with van der Waals surface area (Å²) in [4.78, 5) is 43.3. The fourth-order valence-corrected chi connectivity index (χ4v) is 6.53. The van der Waals surface area contributed by atoms with E-state index in [1.807, 2.05) is 105 Å². The number of hydrogen-bond acceptors (Lipinski definition) is 4. The molecule has 7 rings (SSSR count). The van der Waals surface area contributed by atoms with Gasteiger partial charge in [-0.05, 0) is 59.0 Å². The number of imide groups is 1. The van der Waals surface area contributed by atoms with Gasteiger partial charge in [-0.15, -0.1) is 0 Å². The number of hydrogen-bond donors (Lipinski definition) is 0. The first-order valence-corrected chi connectivity index (χ1v) is 12.9. The van der Waals surface area contributed by atoms with Crippen LogP contribution in [0.15, 0.2) is 91.0 Å². The molecule has 38 heavy (non-hydrogen) atoms. The molecule has 0 N–H and O–H groups in total. The smallest absolute Gasteiger partial charge is 0.319 e. The van der Waals surface area contributed by atoms with Crippen molar-refractivity contribution in [3.63, 3.8) is 0 Å². The summed E-state index contributed by atoms with van der Waals surface area (Å²) in [6.07, 6.45) is 2.05. The van der Waals surface area contributed by atoms with Crippen LogP contribution in [0.1, 0.15) is 28.2 Å². The molecule has 0 saturated carbocycles. The van der Waals surface area contributed by atoms with Gasteiger partial charge in [0.05, 0.1) is 23.4 Å². The van der Waals surface area contributed by atoms with Crippen LogP contribution in [0.4, 0.5) is 5.69 Å². The third kappa shape index (κ3) is 3.14. The van der Waals surface area contributed by atoms with Crippen molar-refractivity contribution in [2.45, 2.75) is 19.8 Å². The van der Waals surface area contributed by atoms with Gasteiger partial charge in [0.25, 0.3) is 0 Å². The number of carbonyl (C=O) groups excluding carboxylic acids is 3. The molecule has 0 spiro atoms. The van der Waals surface area contributed by atoms with E-state index in [2.05, 4.69) is 0 Å². The van der Waals surface area contributed by atoms with Crippen LogP contribution >= 0.6 is 0 Å². The van der Waals surface area contributed by atoms with Crippen LogP contribution in [-0.4, -0.2) is 17.8 Å². The van der Waals surface area contributed by atoms with Gasteiger partial charge in [0.2, 0.25) is 11.8 Å². The molecule has 2 aliphatic heterocycles. The molecule has 5 nitrogen and oxygen atoms in total. The molecule has 4 aromatic carbocycles. The molecule has 1 saturated heterocycles. The molecule has 0 radical (unpaired) electrons. The summed E-state index contributed by atoms with van der Waals surface area (Å²) in [5.74, 6) is -3.38. The molecular formula is C33H25NO4.